The molecular formula is C21H32N4O. The number of hydrogen-bond acceptors (Lipinski definition) is 4. The van der Waals surface area contributed by atoms with Gasteiger partial charge in [-0.05, 0) is 44.5 Å². The Kier molecular flexibility index (Phi) is 5.57. The fourth-order valence-electron chi connectivity index (χ4n) is 4.17. The van der Waals surface area contributed by atoms with Crippen LogP contribution in [0.3, 0.4) is 0 Å². The van der Waals surface area contributed by atoms with Crippen LogP contribution in [0.4, 0.5) is 0 Å². The van der Waals surface area contributed by atoms with Crippen molar-refractivity contribution in [3.8, 4) is 0 Å². The summed E-state index contributed by atoms with van der Waals surface area (Å²) < 4.78 is 7.85. The molecule has 4 rings (SSSR count). The first-order chi connectivity index (χ1) is 12.7. The molecule has 2 fully saturated rings. The molecule has 1 aromatic heterocycles. The van der Waals surface area contributed by atoms with E-state index < -0.39 is 0 Å². The number of aromatic nitrogens is 2. The van der Waals surface area contributed by atoms with Crippen molar-refractivity contribution in [2.75, 3.05) is 39.9 Å². The third kappa shape index (κ3) is 3.80. The Morgan fingerprint density at radius 2 is 2.04 bits per heavy atom. The lowest BCUT2D eigenvalue weighted by Gasteiger charge is -2.34. The zero-order valence-electron chi connectivity index (χ0n) is 16.3. The number of nitrogens with zero attached hydrogens (tertiary/aromatic N) is 4. The van der Waals surface area contributed by atoms with Crippen molar-refractivity contribution in [1.29, 1.82) is 0 Å². The number of rotatable bonds is 7. The Bertz CT molecular complexity index is 731. The van der Waals surface area contributed by atoms with Crippen molar-refractivity contribution in [2.24, 2.45) is 0 Å². The van der Waals surface area contributed by atoms with Gasteiger partial charge in [-0.2, -0.15) is 0 Å². The Hall–Kier alpha value is -1.43. The summed E-state index contributed by atoms with van der Waals surface area (Å²) in [5.41, 5.74) is 3.79. The maximum atomic E-state index is 5.46. The van der Waals surface area contributed by atoms with Crippen LogP contribution in [0.15, 0.2) is 18.2 Å². The van der Waals surface area contributed by atoms with Gasteiger partial charge in [0.05, 0.1) is 24.2 Å². The molecule has 0 spiro atoms. The van der Waals surface area contributed by atoms with E-state index in [-0.39, 0.29) is 0 Å². The summed E-state index contributed by atoms with van der Waals surface area (Å²) in [7, 11) is 2.27. The van der Waals surface area contributed by atoms with Crippen LogP contribution in [-0.4, -0.2) is 65.3 Å². The minimum Gasteiger partial charge on any atom is -0.379 e. The van der Waals surface area contributed by atoms with Gasteiger partial charge in [0.1, 0.15) is 5.82 Å². The van der Waals surface area contributed by atoms with Crippen molar-refractivity contribution in [2.45, 2.75) is 51.7 Å². The number of imidazole rings is 1. The molecule has 0 atom stereocenters. The molecule has 0 amide bonds. The fraction of sp³-hybridized carbons (Fsp3) is 0.667. The van der Waals surface area contributed by atoms with E-state index in [9.17, 15) is 0 Å². The SMILES string of the molecule is CCn1c(CCN(C)C2CCC2)nc2cc(CN3CCOCC3)ccc21. The number of benzene rings is 1. The minimum atomic E-state index is 0.801. The molecule has 0 N–H and O–H groups in total. The Morgan fingerprint density at radius 1 is 1.23 bits per heavy atom. The minimum absolute atomic E-state index is 0.801. The molecule has 2 aliphatic rings. The van der Waals surface area contributed by atoms with Crippen LogP contribution in [0.25, 0.3) is 11.0 Å². The second-order valence-corrected chi connectivity index (χ2v) is 7.80. The fourth-order valence-corrected chi connectivity index (χ4v) is 4.17. The largest absolute Gasteiger partial charge is 0.379 e. The van der Waals surface area contributed by atoms with Gasteiger partial charge in [0.15, 0.2) is 0 Å². The highest BCUT2D eigenvalue weighted by Crippen LogP contribution is 2.24. The van der Waals surface area contributed by atoms with Gasteiger partial charge in [0.25, 0.3) is 0 Å². The van der Waals surface area contributed by atoms with E-state index >= 15 is 0 Å². The smallest absolute Gasteiger partial charge is 0.111 e. The third-order valence-corrected chi connectivity index (χ3v) is 6.10. The first-order valence-corrected chi connectivity index (χ1v) is 10.2. The molecule has 5 nitrogen and oxygen atoms in total. The number of morpholine rings is 1. The van der Waals surface area contributed by atoms with Gasteiger partial charge in [0, 0.05) is 45.2 Å². The van der Waals surface area contributed by atoms with Crippen molar-refractivity contribution in [1.82, 2.24) is 19.4 Å². The number of likely N-dealkylation sites (N-methyl/N-ethyl adjacent to an activating group) is 1. The Morgan fingerprint density at radius 3 is 2.73 bits per heavy atom. The van der Waals surface area contributed by atoms with Crippen LogP contribution in [0.1, 0.15) is 37.6 Å². The number of fused-ring (bicyclic) bond motifs is 1. The lowest BCUT2D eigenvalue weighted by atomic mass is 9.92. The van der Waals surface area contributed by atoms with E-state index in [1.54, 1.807) is 0 Å². The van der Waals surface area contributed by atoms with Gasteiger partial charge in [-0.25, -0.2) is 4.98 Å². The molecular weight excluding hydrogens is 324 g/mol. The summed E-state index contributed by atoms with van der Waals surface area (Å²) >= 11 is 0. The van der Waals surface area contributed by atoms with Crippen LogP contribution in [-0.2, 0) is 24.2 Å². The normalized spacial score (nSPS) is 19.3. The standard InChI is InChI=1S/C21H32N4O/c1-3-25-20-8-7-17(16-24-11-13-26-14-12-24)15-19(20)22-21(25)9-10-23(2)18-5-4-6-18/h7-8,15,18H,3-6,9-14,16H2,1-2H3. The van der Waals surface area contributed by atoms with Crippen molar-refractivity contribution in [3.05, 3.63) is 29.6 Å². The van der Waals surface area contributed by atoms with E-state index in [1.807, 2.05) is 0 Å². The molecule has 0 bridgehead atoms. The molecule has 1 saturated heterocycles. The second-order valence-electron chi connectivity index (χ2n) is 7.80. The maximum absolute atomic E-state index is 5.46. The summed E-state index contributed by atoms with van der Waals surface area (Å²) in [6.45, 7) is 9.08. The average Bonchev–Trinajstić information content (AvgIpc) is 2.96. The van der Waals surface area contributed by atoms with Gasteiger partial charge in [-0.1, -0.05) is 12.5 Å². The molecule has 1 saturated carbocycles. The van der Waals surface area contributed by atoms with Crippen LogP contribution >= 0.6 is 0 Å². The summed E-state index contributed by atoms with van der Waals surface area (Å²) in [5.74, 6) is 1.23. The quantitative estimate of drug-likeness (QED) is 0.764. The monoisotopic (exact) mass is 356 g/mol. The van der Waals surface area contributed by atoms with Crippen molar-refractivity contribution < 1.29 is 4.74 Å². The van der Waals surface area contributed by atoms with Gasteiger partial charge in [0.2, 0.25) is 0 Å². The number of aryl methyl sites for hydroxylation is 1. The summed E-state index contributed by atoms with van der Waals surface area (Å²) in [6.07, 6.45) is 5.17. The molecule has 1 aliphatic heterocycles. The topological polar surface area (TPSA) is 33.5 Å². The highest BCUT2D eigenvalue weighted by molar-refractivity contribution is 5.77. The molecule has 2 heterocycles. The predicted molar refractivity (Wildman–Crippen MR) is 105 cm³/mol. The lowest BCUT2D eigenvalue weighted by Crippen LogP contribution is -2.38. The molecule has 26 heavy (non-hydrogen) atoms. The van der Waals surface area contributed by atoms with Crippen LogP contribution in [0, 0.1) is 0 Å². The summed E-state index contributed by atoms with van der Waals surface area (Å²) in [6, 6.07) is 7.63. The van der Waals surface area contributed by atoms with Crippen LogP contribution in [0.2, 0.25) is 0 Å². The van der Waals surface area contributed by atoms with Crippen molar-refractivity contribution in [3.63, 3.8) is 0 Å². The summed E-state index contributed by atoms with van der Waals surface area (Å²) in [4.78, 5) is 9.99. The van der Waals surface area contributed by atoms with Crippen LogP contribution < -0.4 is 0 Å². The van der Waals surface area contributed by atoms with E-state index in [1.165, 1.54) is 36.2 Å². The zero-order valence-corrected chi connectivity index (χ0v) is 16.3. The maximum Gasteiger partial charge on any atom is 0.111 e. The van der Waals surface area contributed by atoms with Crippen LogP contribution in [0.5, 0.6) is 0 Å². The highest BCUT2D eigenvalue weighted by Gasteiger charge is 2.22. The van der Waals surface area contributed by atoms with E-state index in [0.717, 1.165) is 63.9 Å². The number of ether oxygens (including phenoxy) is 1. The first kappa shape index (κ1) is 18.0. The first-order valence-electron chi connectivity index (χ1n) is 10.2. The summed E-state index contributed by atoms with van der Waals surface area (Å²) in [5, 5.41) is 0. The van der Waals surface area contributed by atoms with E-state index in [2.05, 4.69) is 46.5 Å². The second kappa shape index (κ2) is 8.07. The van der Waals surface area contributed by atoms with Gasteiger partial charge in [-0.3, -0.25) is 4.90 Å². The Labute approximate surface area is 156 Å². The van der Waals surface area contributed by atoms with Gasteiger partial charge < -0.3 is 14.2 Å². The molecule has 0 radical (unpaired) electrons. The molecule has 5 heteroatoms. The average molecular weight is 357 g/mol. The third-order valence-electron chi connectivity index (χ3n) is 6.10. The zero-order chi connectivity index (χ0) is 17.9. The Balaban J connectivity index is 1.48. The highest BCUT2D eigenvalue weighted by atomic mass is 16.5. The van der Waals surface area contributed by atoms with Gasteiger partial charge in [-0.15, -0.1) is 0 Å². The molecule has 142 valence electrons. The lowest BCUT2D eigenvalue weighted by molar-refractivity contribution is 0.0342. The van der Waals surface area contributed by atoms with E-state index in [0.29, 0.717) is 0 Å². The molecule has 1 aromatic carbocycles. The van der Waals surface area contributed by atoms with E-state index in [4.69, 9.17) is 9.72 Å². The van der Waals surface area contributed by atoms with Gasteiger partial charge >= 0.3 is 0 Å². The van der Waals surface area contributed by atoms with Crippen molar-refractivity contribution >= 4 is 11.0 Å². The predicted octanol–water partition coefficient (Wildman–Crippen LogP) is 2.92. The molecule has 1 aliphatic carbocycles. The molecule has 2 aromatic rings. The number of hydrogen-bond donors (Lipinski definition) is 0. The molecule has 0 unspecified atom stereocenters.